The zero-order chi connectivity index (χ0) is 14.3. The molecule has 0 aliphatic carbocycles. The van der Waals surface area contributed by atoms with Gasteiger partial charge in [0.05, 0.1) is 6.42 Å². The lowest BCUT2D eigenvalue weighted by Crippen LogP contribution is -2.42. The van der Waals surface area contributed by atoms with Gasteiger partial charge in [0.15, 0.2) is 0 Å². The summed E-state index contributed by atoms with van der Waals surface area (Å²) in [5.41, 5.74) is 0.685. The second-order valence-electron chi connectivity index (χ2n) is 4.08. The van der Waals surface area contributed by atoms with Gasteiger partial charge in [-0.05, 0) is 12.1 Å². The highest BCUT2D eigenvalue weighted by molar-refractivity contribution is 5.92. The number of carboxylic acids is 1. The van der Waals surface area contributed by atoms with Gasteiger partial charge in [0.25, 0.3) is 0 Å². The Morgan fingerprint density at radius 3 is 2.47 bits per heavy atom. The van der Waals surface area contributed by atoms with Crippen LogP contribution >= 0.6 is 0 Å². The zero-order valence-corrected chi connectivity index (χ0v) is 11.0. The first-order chi connectivity index (χ1) is 9.06. The molecule has 0 atom stereocenters. The van der Waals surface area contributed by atoms with Crippen LogP contribution in [0.25, 0.3) is 0 Å². The van der Waals surface area contributed by atoms with Gasteiger partial charge in [0.1, 0.15) is 0 Å². The van der Waals surface area contributed by atoms with E-state index in [2.05, 4.69) is 6.58 Å². The number of carboxylic acid groups (broad SMARTS) is 1. The van der Waals surface area contributed by atoms with Gasteiger partial charge >= 0.3 is 12.0 Å². The fourth-order valence-electron chi connectivity index (χ4n) is 1.63. The highest BCUT2D eigenvalue weighted by Gasteiger charge is 2.19. The fourth-order valence-corrected chi connectivity index (χ4v) is 1.63. The number of carbonyl (C=O) groups excluding carboxylic acids is 1. The van der Waals surface area contributed by atoms with Gasteiger partial charge in [-0.15, -0.1) is 6.58 Å². The molecule has 1 N–H and O–H groups in total. The van der Waals surface area contributed by atoms with Gasteiger partial charge < -0.3 is 10.0 Å². The lowest BCUT2D eigenvalue weighted by atomic mass is 10.2. The number of para-hydroxylation sites is 1. The summed E-state index contributed by atoms with van der Waals surface area (Å²) < 4.78 is 0. The largest absolute Gasteiger partial charge is 0.481 e. The number of hydrogen-bond donors (Lipinski definition) is 1. The molecule has 0 fully saturated rings. The molecular formula is C14H18N2O3. The molecule has 1 aromatic rings. The zero-order valence-electron chi connectivity index (χ0n) is 11.0. The van der Waals surface area contributed by atoms with Crippen molar-refractivity contribution in [2.24, 2.45) is 0 Å². The van der Waals surface area contributed by atoms with E-state index < -0.39 is 5.97 Å². The minimum atomic E-state index is -0.930. The number of hydrogen-bond acceptors (Lipinski definition) is 2. The standard InChI is InChI=1S/C14H18N2O3/c1-3-10-15(2)14(19)16(11-9-13(17)18)12-7-5-4-6-8-12/h3-8H,1,9-11H2,2H3,(H,17,18). The first-order valence-electron chi connectivity index (χ1n) is 5.96. The maximum Gasteiger partial charge on any atom is 0.324 e. The predicted octanol–water partition coefficient (Wildman–Crippen LogP) is 2.21. The first kappa shape index (κ1) is 14.8. The van der Waals surface area contributed by atoms with Crippen molar-refractivity contribution in [2.75, 3.05) is 25.0 Å². The summed E-state index contributed by atoms with van der Waals surface area (Å²) in [5.74, 6) is -0.930. The summed E-state index contributed by atoms with van der Waals surface area (Å²) in [6.07, 6.45) is 1.53. The van der Waals surface area contributed by atoms with Crippen molar-refractivity contribution in [3.05, 3.63) is 43.0 Å². The van der Waals surface area contributed by atoms with Crippen molar-refractivity contribution in [3.63, 3.8) is 0 Å². The molecule has 0 saturated carbocycles. The normalized spacial score (nSPS) is 9.74. The number of rotatable bonds is 6. The van der Waals surface area contributed by atoms with Crippen molar-refractivity contribution < 1.29 is 14.7 Å². The minimum absolute atomic E-state index is 0.0947. The van der Waals surface area contributed by atoms with Crippen LogP contribution in [-0.4, -0.2) is 42.1 Å². The van der Waals surface area contributed by atoms with E-state index in [0.29, 0.717) is 12.2 Å². The van der Waals surface area contributed by atoms with Crippen LogP contribution in [0.3, 0.4) is 0 Å². The van der Waals surface area contributed by atoms with Crippen molar-refractivity contribution in [3.8, 4) is 0 Å². The van der Waals surface area contributed by atoms with Crippen LogP contribution in [0.2, 0.25) is 0 Å². The van der Waals surface area contributed by atoms with Gasteiger partial charge in [0.2, 0.25) is 0 Å². The average molecular weight is 262 g/mol. The average Bonchev–Trinajstić information content (AvgIpc) is 2.40. The molecule has 0 aromatic heterocycles. The summed E-state index contributed by atoms with van der Waals surface area (Å²) in [6, 6.07) is 8.78. The molecule has 5 heteroatoms. The Balaban J connectivity index is 2.89. The second kappa shape index (κ2) is 7.20. The molecule has 5 nitrogen and oxygen atoms in total. The SMILES string of the molecule is C=CCN(C)C(=O)N(CCC(=O)O)c1ccccc1. The molecule has 19 heavy (non-hydrogen) atoms. The fraction of sp³-hybridized carbons (Fsp3) is 0.286. The molecule has 2 amide bonds. The molecule has 0 aliphatic heterocycles. The van der Waals surface area contributed by atoms with Crippen molar-refractivity contribution in [2.45, 2.75) is 6.42 Å². The lowest BCUT2D eigenvalue weighted by molar-refractivity contribution is -0.136. The van der Waals surface area contributed by atoms with E-state index in [1.165, 1.54) is 9.80 Å². The van der Waals surface area contributed by atoms with Crippen molar-refractivity contribution in [1.29, 1.82) is 0 Å². The number of anilines is 1. The number of nitrogens with zero attached hydrogens (tertiary/aromatic N) is 2. The second-order valence-corrected chi connectivity index (χ2v) is 4.08. The maximum atomic E-state index is 12.3. The Bertz CT molecular complexity index is 445. The smallest absolute Gasteiger partial charge is 0.324 e. The molecule has 0 bridgehead atoms. The van der Waals surface area contributed by atoms with Gasteiger partial charge in [-0.25, -0.2) is 4.79 Å². The summed E-state index contributed by atoms with van der Waals surface area (Å²) in [5, 5.41) is 8.77. The van der Waals surface area contributed by atoms with Gasteiger partial charge in [-0.3, -0.25) is 9.69 Å². The monoisotopic (exact) mass is 262 g/mol. The Labute approximate surface area is 112 Å². The molecule has 1 rings (SSSR count). The lowest BCUT2D eigenvalue weighted by Gasteiger charge is -2.27. The Hall–Kier alpha value is -2.30. The number of aliphatic carboxylic acids is 1. The van der Waals surface area contributed by atoms with Gasteiger partial charge in [-0.1, -0.05) is 24.3 Å². The summed E-state index contributed by atoms with van der Waals surface area (Å²) in [6.45, 7) is 4.13. The van der Waals surface area contributed by atoms with Crippen LogP contribution in [-0.2, 0) is 4.79 Å². The molecule has 0 saturated heterocycles. The Morgan fingerprint density at radius 1 is 1.32 bits per heavy atom. The van der Waals surface area contributed by atoms with E-state index in [1.807, 2.05) is 18.2 Å². The maximum absolute atomic E-state index is 12.3. The number of benzene rings is 1. The van der Waals surface area contributed by atoms with Crippen LogP contribution in [0.5, 0.6) is 0 Å². The molecule has 0 radical (unpaired) electrons. The van der Waals surface area contributed by atoms with Crippen LogP contribution in [0.4, 0.5) is 10.5 Å². The number of likely N-dealkylation sites (N-methyl/N-ethyl adjacent to an activating group) is 1. The highest BCUT2D eigenvalue weighted by Crippen LogP contribution is 2.15. The van der Waals surface area contributed by atoms with E-state index in [1.54, 1.807) is 25.3 Å². The topological polar surface area (TPSA) is 60.9 Å². The molecule has 102 valence electrons. The minimum Gasteiger partial charge on any atom is -0.481 e. The predicted molar refractivity (Wildman–Crippen MR) is 74.3 cm³/mol. The van der Waals surface area contributed by atoms with Crippen molar-refractivity contribution in [1.82, 2.24) is 4.90 Å². The number of amides is 2. The van der Waals surface area contributed by atoms with Crippen molar-refractivity contribution >= 4 is 17.7 Å². The summed E-state index contributed by atoms with van der Waals surface area (Å²) >= 11 is 0. The molecule has 0 heterocycles. The third kappa shape index (κ3) is 4.46. The third-order valence-electron chi connectivity index (χ3n) is 2.58. The highest BCUT2D eigenvalue weighted by atomic mass is 16.4. The van der Waals surface area contributed by atoms with E-state index >= 15 is 0 Å². The Kier molecular flexibility index (Phi) is 5.60. The summed E-state index contributed by atoms with van der Waals surface area (Å²) in [4.78, 5) is 25.9. The van der Waals surface area contributed by atoms with Crippen LogP contribution in [0, 0.1) is 0 Å². The van der Waals surface area contributed by atoms with E-state index in [9.17, 15) is 9.59 Å². The summed E-state index contributed by atoms with van der Waals surface area (Å²) in [7, 11) is 1.65. The number of urea groups is 1. The van der Waals surface area contributed by atoms with E-state index in [0.717, 1.165) is 0 Å². The molecular weight excluding hydrogens is 244 g/mol. The van der Waals surface area contributed by atoms with Gasteiger partial charge in [-0.2, -0.15) is 0 Å². The van der Waals surface area contributed by atoms with E-state index in [-0.39, 0.29) is 19.0 Å². The molecule has 0 unspecified atom stereocenters. The van der Waals surface area contributed by atoms with E-state index in [4.69, 9.17) is 5.11 Å². The first-order valence-corrected chi connectivity index (χ1v) is 5.96. The molecule has 0 aliphatic rings. The van der Waals surface area contributed by atoms with Gasteiger partial charge in [0, 0.05) is 25.8 Å². The molecule has 1 aromatic carbocycles. The number of carbonyl (C=O) groups is 2. The third-order valence-corrected chi connectivity index (χ3v) is 2.58. The van der Waals surface area contributed by atoms with Crippen LogP contribution in [0.1, 0.15) is 6.42 Å². The Morgan fingerprint density at radius 2 is 1.95 bits per heavy atom. The quantitative estimate of drug-likeness (QED) is 0.799. The molecule has 0 spiro atoms. The van der Waals surface area contributed by atoms with Crippen LogP contribution in [0.15, 0.2) is 43.0 Å². The van der Waals surface area contributed by atoms with Crippen LogP contribution < -0.4 is 4.90 Å².